The summed E-state index contributed by atoms with van der Waals surface area (Å²) in [6, 6.07) is 20.5. The van der Waals surface area contributed by atoms with Crippen LogP contribution in [0.15, 0.2) is 77.7 Å². The molecule has 0 aliphatic carbocycles. The van der Waals surface area contributed by atoms with Gasteiger partial charge in [0.15, 0.2) is 9.84 Å². The first kappa shape index (κ1) is 19.5. The molecule has 1 aliphatic heterocycles. The van der Waals surface area contributed by atoms with Gasteiger partial charge in [-0.25, -0.2) is 8.42 Å². The van der Waals surface area contributed by atoms with Crippen LogP contribution < -0.4 is 10.6 Å². The fourth-order valence-electron chi connectivity index (χ4n) is 3.37. The molecular weight excluding hydrogens is 408 g/mol. The SMILES string of the molecule is O=C(Nc1cccc(Cl)c1)c1ccc(S(=O)(=O)C2CCc3ccccc3N2)cc1. The Kier molecular flexibility index (Phi) is 5.30. The highest BCUT2D eigenvalue weighted by Crippen LogP contribution is 2.29. The van der Waals surface area contributed by atoms with E-state index in [4.69, 9.17) is 11.6 Å². The van der Waals surface area contributed by atoms with Gasteiger partial charge < -0.3 is 10.6 Å². The lowest BCUT2D eigenvalue weighted by atomic mass is 10.0. The van der Waals surface area contributed by atoms with Crippen molar-refractivity contribution in [1.82, 2.24) is 0 Å². The third-order valence-corrected chi connectivity index (χ3v) is 7.18. The summed E-state index contributed by atoms with van der Waals surface area (Å²) < 4.78 is 26.1. The monoisotopic (exact) mass is 426 g/mol. The van der Waals surface area contributed by atoms with Gasteiger partial charge in [0, 0.05) is 22.0 Å². The minimum Gasteiger partial charge on any atom is -0.369 e. The minimum absolute atomic E-state index is 0.189. The lowest BCUT2D eigenvalue weighted by molar-refractivity contribution is 0.102. The molecule has 4 rings (SSSR count). The van der Waals surface area contributed by atoms with Crippen molar-refractivity contribution in [2.45, 2.75) is 23.1 Å². The van der Waals surface area contributed by atoms with Gasteiger partial charge in [-0.1, -0.05) is 35.9 Å². The Labute approximate surface area is 174 Å². The largest absolute Gasteiger partial charge is 0.369 e. The van der Waals surface area contributed by atoms with Gasteiger partial charge in [-0.15, -0.1) is 0 Å². The maximum Gasteiger partial charge on any atom is 0.255 e. The van der Waals surface area contributed by atoms with Crippen molar-refractivity contribution in [3.05, 3.63) is 88.9 Å². The lowest BCUT2D eigenvalue weighted by Gasteiger charge is -2.26. The summed E-state index contributed by atoms with van der Waals surface area (Å²) in [6.45, 7) is 0. The number of carbonyl (C=O) groups excluding carboxylic acids is 1. The number of hydrogen-bond donors (Lipinski definition) is 2. The van der Waals surface area contributed by atoms with Gasteiger partial charge in [-0.05, 0) is 66.9 Å². The zero-order chi connectivity index (χ0) is 20.4. The number of para-hydroxylation sites is 1. The second-order valence-corrected chi connectivity index (χ2v) is 9.43. The Hall–Kier alpha value is -2.83. The van der Waals surface area contributed by atoms with Crippen LogP contribution in [0.4, 0.5) is 11.4 Å². The summed E-state index contributed by atoms with van der Waals surface area (Å²) in [5.41, 5.74) is 2.91. The summed E-state index contributed by atoms with van der Waals surface area (Å²) in [7, 11) is -3.57. The number of nitrogens with one attached hydrogen (secondary N) is 2. The molecule has 7 heteroatoms. The quantitative estimate of drug-likeness (QED) is 0.631. The topological polar surface area (TPSA) is 75.3 Å². The zero-order valence-electron chi connectivity index (χ0n) is 15.4. The summed E-state index contributed by atoms with van der Waals surface area (Å²) in [6.07, 6.45) is 1.20. The lowest BCUT2D eigenvalue weighted by Crippen LogP contribution is -2.33. The van der Waals surface area contributed by atoms with Crippen molar-refractivity contribution in [2.75, 3.05) is 10.6 Å². The molecule has 1 unspecified atom stereocenters. The van der Waals surface area contributed by atoms with E-state index in [1.165, 1.54) is 24.3 Å². The van der Waals surface area contributed by atoms with Gasteiger partial charge in [0.05, 0.1) is 4.90 Å². The molecule has 3 aromatic carbocycles. The molecule has 0 saturated heterocycles. The predicted octanol–water partition coefficient (Wildman–Crippen LogP) is 4.75. The molecule has 148 valence electrons. The maximum absolute atomic E-state index is 13.0. The van der Waals surface area contributed by atoms with Gasteiger partial charge in [0.25, 0.3) is 5.91 Å². The smallest absolute Gasteiger partial charge is 0.255 e. The van der Waals surface area contributed by atoms with Crippen molar-refractivity contribution in [1.29, 1.82) is 0 Å². The average molecular weight is 427 g/mol. The second kappa shape index (κ2) is 7.89. The van der Waals surface area contributed by atoms with Gasteiger partial charge in [-0.3, -0.25) is 4.79 Å². The highest BCUT2D eigenvalue weighted by molar-refractivity contribution is 7.92. The molecular formula is C22H19ClN2O3S. The Balaban J connectivity index is 1.50. The molecule has 0 radical (unpaired) electrons. The van der Waals surface area contributed by atoms with E-state index in [0.29, 0.717) is 29.1 Å². The number of anilines is 2. The van der Waals surface area contributed by atoms with Crippen LogP contribution >= 0.6 is 11.6 Å². The van der Waals surface area contributed by atoms with Gasteiger partial charge in [0.2, 0.25) is 0 Å². The average Bonchev–Trinajstić information content (AvgIpc) is 2.73. The number of carbonyl (C=O) groups is 1. The van der Waals surface area contributed by atoms with Crippen molar-refractivity contribution in [3.8, 4) is 0 Å². The highest BCUT2D eigenvalue weighted by Gasteiger charge is 2.30. The van der Waals surface area contributed by atoms with Crippen molar-refractivity contribution in [2.24, 2.45) is 0 Å². The normalized spacial score (nSPS) is 15.8. The third kappa shape index (κ3) is 4.13. The van der Waals surface area contributed by atoms with E-state index in [9.17, 15) is 13.2 Å². The number of rotatable bonds is 4. The van der Waals surface area contributed by atoms with E-state index in [0.717, 1.165) is 11.3 Å². The summed E-state index contributed by atoms with van der Waals surface area (Å²) in [4.78, 5) is 12.6. The molecule has 1 aliphatic rings. The Morgan fingerprint density at radius 3 is 2.52 bits per heavy atom. The molecule has 1 heterocycles. The molecule has 0 fully saturated rings. The van der Waals surface area contributed by atoms with Crippen molar-refractivity contribution >= 4 is 38.7 Å². The van der Waals surface area contributed by atoms with E-state index in [-0.39, 0.29) is 10.8 Å². The van der Waals surface area contributed by atoms with E-state index in [1.54, 1.807) is 24.3 Å². The number of aryl methyl sites for hydroxylation is 1. The molecule has 1 atom stereocenters. The van der Waals surface area contributed by atoms with E-state index in [2.05, 4.69) is 10.6 Å². The third-order valence-electron chi connectivity index (χ3n) is 4.91. The number of amides is 1. The Morgan fingerprint density at radius 2 is 1.76 bits per heavy atom. The highest BCUT2D eigenvalue weighted by atomic mass is 35.5. The number of hydrogen-bond acceptors (Lipinski definition) is 4. The summed E-state index contributed by atoms with van der Waals surface area (Å²) >= 11 is 5.93. The zero-order valence-corrected chi connectivity index (χ0v) is 17.0. The Bertz CT molecular complexity index is 1160. The van der Waals surface area contributed by atoms with Gasteiger partial charge >= 0.3 is 0 Å². The second-order valence-electron chi connectivity index (χ2n) is 6.86. The molecule has 29 heavy (non-hydrogen) atoms. The predicted molar refractivity (Wildman–Crippen MR) is 115 cm³/mol. The fourth-order valence-corrected chi connectivity index (χ4v) is 5.12. The van der Waals surface area contributed by atoms with Crippen LogP contribution in [0.5, 0.6) is 0 Å². The van der Waals surface area contributed by atoms with Crippen LogP contribution in [0.2, 0.25) is 5.02 Å². The molecule has 5 nitrogen and oxygen atoms in total. The fraction of sp³-hybridized carbons (Fsp3) is 0.136. The van der Waals surface area contributed by atoms with E-state index < -0.39 is 15.2 Å². The number of benzene rings is 3. The summed E-state index contributed by atoms with van der Waals surface area (Å²) in [5.74, 6) is -0.332. The van der Waals surface area contributed by atoms with Crippen molar-refractivity contribution < 1.29 is 13.2 Å². The molecule has 0 aromatic heterocycles. The number of fused-ring (bicyclic) bond motifs is 1. The minimum atomic E-state index is -3.57. The van der Waals surface area contributed by atoms with Crippen LogP contribution in [-0.2, 0) is 16.3 Å². The number of sulfone groups is 1. The van der Waals surface area contributed by atoms with Crippen LogP contribution in [-0.4, -0.2) is 19.7 Å². The van der Waals surface area contributed by atoms with Crippen LogP contribution in [0, 0.1) is 0 Å². The van der Waals surface area contributed by atoms with Crippen LogP contribution in [0.3, 0.4) is 0 Å². The van der Waals surface area contributed by atoms with Crippen LogP contribution in [0.1, 0.15) is 22.3 Å². The van der Waals surface area contributed by atoms with Crippen LogP contribution in [0.25, 0.3) is 0 Å². The molecule has 3 aromatic rings. The van der Waals surface area contributed by atoms with E-state index in [1.807, 2.05) is 24.3 Å². The van der Waals surface area contributed by atoms with Gasteiger partial charge in [0.1, 0.15) is 5.37 Å². The first-order valence-electron chi connectivity index (χ1n) is 9.19. The first-order valence-corrected chi connectivity index (χ1v) is 11.1. The molecule has 0 spiro atoms. The van der Waals surface area contributed by atoms with E-state index >= 15 is 0 Å². The number of halogens is 1. The molecule has 1 amide bonds. The maximum atomic E-state index is 13.0. The molecule has 0 bridgehead atoms. The first-order chi connectivity index (χ1) is 13.9. The molecule has 2 N–H and O–H groups in total. The van der Waals surface area contributed by atoms with Crippen molar-refractivity contribution in [3.63, 3.8) is 0 Å². The van der Waals surface area contributed by atoms with Gasteiger partial charge in [-0.2, -0.15) is 0 Å². The Morgan fingerprint density at radius 1 is 1.00 bits per heavy atom. The standard InChI is InChI=1S/C22H19ClN2O3S/c23-17-5-3-6-18(14-17)24-22(26)16-8-11-19(12-9-16)29(27,28)21-13-10-15-4-1-2-7-20(15)25-21/h1-9,11-12,14,21,25H,10,13H2,(H,24,26). The molecule has 0 saturated carbocycles. The summed E-state index contributed by atoms with van der Waals surface area (Å²) in [5, 5.41) is 5.71.